The highest BCUT2D eigenvalue weighted by Gasteiger charge is 2.33. The Kier molecular flexibility index (Phi) is 5.78. The van der Waals surface area contributed by atoms with E-state index in [1.807, 2.05) is 12.1 Å². The molecule has 0 saturated carbocycles. The highest BCUT2D eigenvalue weighted by molar-refractivity contribution is 6.44. The van der Waals surface area contributed by atoms with Crippen molar-refractivity contribution in [1.29, 1.82) is 5.26 Å². The van der Waals surface area contributed by atoms with Gasteiger partial charge >= 0.3 is 0 Å². The van der Waals surface area contributed by atoms with Crippen molar-refractivity contribution in [3.63, 3.8) is 0 Å². The number of carbonyl (C=O) groups excluding carboxylic acids is 2. The molecule has 3 rings (SSSR count). The molecule has 0 saturated heterocycles. The van der Waals surface area contributed by atoms with Crippen LogP contribution in [0.25, 0.3) is 0 Å². The molecule has 0 spiro atoms. The number of amides is 2. The Labute approximate surface area is 171 Å². The van der Waals surface area contributed by atoms with Crippen LogP contribution >= 0.6 is 23.2 Å². The highest BCUT2D eigenvalue weighted by atomic mass is 35.5. The van der Waals surface area contributed by atoms with Crippen LogP contribution in [-0.2, 0) is 9.59 Å². The van der Waals surface area contributed by atoms with E-state index in [9.17, 15) is 14.9 Å². The molecule has 0 unspecified atom stereocenters. The molecule has 0 fully saturated rings. The summed E-state index contributed by atoms with van der Waals surface area (Å²) in [5.41, 5.74) is 1.14. The Hall–Kier alpha value is -3.14. The van der Waals surface area contributed by atoms with Gasteiger partial charge in [-0.1, -0.05) is 47.5 Å². The first kappa shape index (κ1) is 19.6. The summed E-state index contributed by atoms with van der Waals surface area (Å²) in [5.74, 6) is -1.84. The topological polar surface area (TPSA) is 85.6 Å². The minimum atomic E-state index is -0.810. The second kappa shape index (κ2) is 8.26. The van der Waals surface area contributed by atoms with E-state index in [2.05, 4.69) is 10.4 Å². The molecule has 1 aliphatic rings. The van der Waals surface area contributed by atoms with Crippen molar-refractivity contribution in [2.75, 3.05) is 10.3 Å². The first-order valence-corrected chi connectivity index (χ1v) is 8.99. The molecule has 0 aromatic heterocycles. The number of nitrogens with one attached hydrogen (secondary N) is 1. The first-order valence-electron chi connectivity index (χ1n) is 8.23. The van der Waals surface area contributed by atoms with Gasteiger partial charge in [0.15, 0.2) is 0 Å². The Morgan fingerprint density at radius 1 is 1.21 bits per heavy atom. The number of halogens is 2. The summed E-state index contributed by atoms with van der Waals surface area (Å²) in [6.07, 6.45) is 1.30. The summed E-state index contributed by atoms with van der Waals surface area (Å²) in [4.78, 5) is 25.2. The Balaban J connectivity index is 1.83. The van der Waals surface area contributed by atoms with E-state index in [0.717, 1.165) is 0 Å². The van der Waals surface area contributed by atoms with E-state index in [1.165, 1.54) is 11.1 Å². The standard InChI is InChI=1S/C20H14Cl2N4O2/c1-12-15(20(28)26(25-12)14-6-3-2-4-7-14)10-13(11-23)19(27)24-17-9-5-8-16(21)18(17)22/h2-10,15H,1H3,(H,24,27)/b13-10-/t15-/m0/s1. The zero-order chi connectivity index (χ0) is 20.3. The number of benzene rings is 2. The molecule has 6 nitrogen and oxygen atoms in total. The van der Waals surface area contributed by atoms with Crippen molar-refractivity contribution in [3.8, 4) is 6.07 Å². The Morgan fingerprint density at radius 3 is 2.61 bits per heavy atom. The number of nitriles is 1. The summed E-state index contributed by atoms with van der Waals surface area (Å²) in [6, 6.07) is 15.5. The third-order valence-corrected chi connectivity index (χ3v) is 4.90. The smallest absolute Gasteiger partial charge is 0.266 e. The number of hydrazone groups is 1. The van der Waals surface area contributed by atoms with Gasteiger partial charge in [-0.05, 0) is 37.3 Å². The van der Waals surface area contributed by atoms with Crippen LogP contribution in [0, 0.1) is 17.2 Å². The molecule has 2 amide bonds. The highest BCUT2D eigenvalue weighted by Crippen LogP contribution is 2.30. The van der Waals surface area contributed by atoms with Gasteiger partial charge in [0.05, 0.1) is 33.0 Å². The second-order valence-corrected chi connectivity index (χ2v) is 6.74. The van der Waals surface area contributed by atoms with Gasteiger partial charge in [-0.2, -0.15) is 15.4 Å². The average molecular weight is 413 g/mol. The number of para-hydroxylation sites is 1. The summed E-state index contributed by atoms with van der Waals surface area (Å²) in [7, 11) is 0. The molecule has 1 aliphatic heterocycles. The third kappa shape index (κ3) is 3.91. The molecule has 1 heterocycles. The van der Waals surface area contributed by atoms with E-state index in [4.69, 9.17) is 23.2 Å². The lowest BCUT2D eigenvalue weighted by Gasteiger charge is -2.13. The van der Waals surface area contributed by atoms with Crippen molar-refractivity contribution in [2.45, 2.75) is 6.92 Å². The second-order valence-electron chi connectivity index (χ2n) is 5.95. The van der Waals surface area contributed by atoms with E-state index >= 15 is 0 Å². The number of anilines is 2. The lowest BCUT2D eigenvalue weighted by molar-refractivity contribution is -0.118. The molecule has 0 bridgehead atoms. The number of hydrogen-bond acceptors (Lipinski definition) is 4. The van der Waals surface area contributed by atoms with Crippen molar-refractivity contribution < 1.29 is 9.59 Å². The molecular weight excluding hydrogens is 399 g/mol. The molecule has 0 radical (unpaired) electrons. The number of rotatable bonds is 4. The van der Waals surface area contributed by atoms with Crippen LogP contribution in [-0.4, -0.2) is 17.5 Å². The summed E-state index contributed by atoms with van der Waals surface area (Å²) >= 11 is 12.0. The zero-order valence-electron chi connectivity index (χ0n) is 14.7. The van der Waals surface area contributed by atoms with Crippen molar-refractivity contribution in [2.24, 2.45) is 11.0 Å². The van der Waals surface area contributed by atoms with Gasteiger partial charge < -0.3 is 5.32 Å². The molecule has 1 atom stereocenters. The van der Waals surface area contributed by atoms with Crippen molar-refractivity contribution in [1.82, 2.24) is 0 Å². The van der Waals surface area contributed by atoms with Crippen molar-refractivity contribution in [3.05, 3.63) is 70.2 Å². The maximum Gasteiger partial charge on any atom is 0.266 e. The van der Waals surface area contributed by atoms with Crippen LogP contribution in [0.5, 0.6) is 0 Å². The first-order chi connectivity index (χ1) is 13.4. The largest absolute Gasteiger partial charge is 0.320 e. The SMILES string of the molecule is CC1=NN(c2ccccc2)C(=O)[C@H]1/C=C(/C#N)C(=O)Nc1cccc(Cl)c1Cl. The lowest BCUT2D eigenvalue weighted by atomic mass is 10.0. The monoisotopic (exact) mass is 412 g/mol. The third-order valence-electron chi connectivity index (χ3n) is 4.08. The van der Waals surface area contributed by atoms with E-state index in [1.54, 1.807) is 49.4 Å². The molecule has 28 heavy (non-hydrogen) atoms. The van der Waals surface area contributed by atoms with Gasteiger partial charge in [-0.3, -0.25) is 9.59 Å². The lowest BCUT2D eigenvalue weighted by Crippen LogP contribution is -2.27. The van der Waals surface area contributed by atoms with Crippen molar-refractivity contribution >= 4 is 52.1 Å². The van der Waals surface area contributed by atoms with Gasteiger partial charge in [0.2, 0.25) is 0 Å². The van der Waals surface area contributed by atoms with E-state index in [0.29, 0.717) is 11.4 Å². The van der Waals surface area contributed by atoms with Crippen LogP contribution in [0.4, 0.5) is 11.4 Å². The Morgan fingerprint density at radius 2 is 1.93 bits per heavy atom. The molecule has 0 aliphatic carbocycles. The fraction of sp³-hybridized carbons (Fsp3) is 0.100. The molecule has 140 valence electrons. The van der Waals surface area contributed by atoms with E-state index < -0.39 is 11.8 Å². The minimum Gasteiger partial charge on any atom is -0.320 e. The van der Waals surface area contributed by atoms with Gasteiger partial charge in [0, 0.05) is 0 Å². The predicted octanol–water partition coefficient (Wildman–Crippen LogP) is 4.42. The van der Waals surface area contributed by atoms with Crippen LogP contribution in [0.3, 0.4) is 0 Å². The zero-order valence-corrected chi connectivity index (χ0v) is 16.2. The summed E-state index contributed by atoms with van der Waals surface area (Å²) < 4.78 is 0. The average Bonchev–Trinajstić information content (AvgIpc) is 2.98. The van der Waals surface area contributed by atoms with Crippen LogP contribution in [0.1, 0.15) is 6.92 Å². The maximum atomic E-state index is 12.7. The quantitative estimate of drug-likeness (QED) is 0.595. The fourth-order valence-electron chi connectivity index (χ4n) is 2.65. The fourth-order valence-corrected chi connectivity index (χ4v) is 2.99. The predicted molar refractivity (Wildman–Crippen MR) is 109 cm³/mol. The molecule has 2 aromatic carbocycles. The van der Waals surface area contributed by atoms with Crippen LogP contribution in [0.15, 0.2) is 65.3 Å². The normalized spacial score (nSPS) is 16.6. The molecule has 1 N–H and O–H groups in total. The van der Waals surface area contributed by atoms with Crippen LogP contribution < -0.4 is 10.3 Å². The number of hydrogen-bond donors (Lipinski definition) is 1. The van der Waals surface area contributed by atoms with Gasteiger partial charge in [-0.15, -0.1) is 0 Å². The summed E-state index contributed by atoms with van der Waals surface area (Å²) in [6.45, 7) is 1.67. The van der Waals surface area contributed by atoms with Gasteiger partial charge in [0.25, 0.3) is 11.8 Å². The summed E-state index contributed by atoms with van der Waals surface area (Å²) in [5, 5.41) is 17.9. The van der Waals surface area contributed by atoms with Gasteiger partial charge in [-0.25, -0.2) is 0 Å². The molecule has 8 heteroatoms. The van der Waals surface area contributed by atoms with Gasteiger partial charge in [0.1, 0.15) is 11.6 Å². The molecule has 2 aromatic rings. The number of nitrogens with zero attached hydrogens (tertiary/aromatic N) is 3. The minimum absolute atomic E-state index is 0.166. The number of carbonyl (C=O) groups is 2. The Bertz CT molecular complexity index is 1040. The molecular formula is C20H14Cl2N4O2. The maximum absolute atomic E-state index is 12.7. The van der Waals surface area contributed by atoms with Crippen LogP contribution in [0.2, 0.25) is 10.0 Å². The van der Waals surface area contributed by atoms with E-state index in [-0.39, 0.29) is 27.2 Å².